The van der Waals surface area contributed by atoms with Gasteiger partial charge in [0, 0.05) is 5.92 Å². The van der Waals surface area contributed by atoms with Crippen LogP contribution in [0.4, 0.5) is 0 Å². The summed E-state index contributed by atoms with van der Waals surface area (Å²) >= 11 is 0. The van der Waals surface area contributed by atoms with Gasteiger partial charge in [0.25, 0.3) is 0 Å². The summed E-state index contributed by atoms with van der Waals surface area (Å²) in [7, 11) is -4.65. The highest BCUT2D eigenvalue weighted by molar-refractivity contribution is 7.46. The van der Waals surface area contributed by atoms with Crippen molar-refractivity contribution < 1.29 is 23.7 Å². The van der Waals surface area contributed by atoms with E-state index in [1.165, 1.54) is 0 Å². The molecule has 0 spiro atoms. The van der Waals surface area contributed by atoms with E-state index in [9.17, 15) is 9.36 Å². The Bertz CT molecular complexity index is 624. The molecular formula is C17H19O5P. The molecule has 0 aliphatic rings. The standard InChI is InChI=1S/C17H19O5P/c18-17(13-22-23(19,20)21)16(11-14-7-3-1-4-8-14)12-15-9-5-2-6-10-15/h1-10,16H,11-13H2,(H2,19,20,21). The first kappa shape index (κ1) is 17.6. The van der Waals surface area contributed by atoms with E-state index in [1.54, 1.807) is 0 Å². The largest absolute Gasteiger partial charge is 0.470 e. The summed E-state index contributed by atoms with van der Waals surface area (Å²) < 4.78 is 15.2. The third-order valence-corrected chi connectivity index (χ3v) is 3.95. The lowest BCUT2D eigenvalue weighted by Crippen LogP contribution is -2.24. The SMILES string of the molecule is O=C(COP(=O)(O)O)C(Cc1ccccc1)Cc1ccccc1. The van der Waals surface area contributed by atoms with Crippen LogP contribution >= 0.6 is 7.82 Å². The van der Waals surface area contributed by atoms with Crippen molar-refractivity contribution in [3.05, 3.63) is 71.8 Å². The van der Waals surface area contributed by atoms with Crippen molar-refractivity contribution in [2.24, 2.45) is 5.92 Å². The van der Waals surface area contributed by atoms with Crippen molar-refractivity contribution in [1.82, 2.24) is 0 Å². The Morgan fingerprint density at radius 3 is 1.74 bits per heavy atom. The van der Waals surface area contributed by atoms with Crippen LogP contribution in [0.1, 0.15) is 11.1 Å². The van der Waals surface area contributed by atoms with E-state index in [0.717, 1.165) is 11.1 Å². The molecule has 0 unspecified atom stereocenters. The second-order valence-electron chi connectivity index (χ2n) is 5.31. The molecular weight excluding hydrogens is 315 g/mol. The van der Waals surface area contributed by atoms with Crippen LogP contribution in [0.5, 0.6) is 0 Å². The molecule has 2 N–H and O–H groups in total. The second-order valence-corrected chi connectivity index (χ2v) is 6.55. The molecule has 0 atom stereocenters. The minimum absolute atomic E-state index is 0.318. The summed E-state index contributed by atoms with van der Waals surface area (Å²) in [5, 5.41) is 0. The third kappa shape index (κ3) is 6.47. The van der Waals surface area contributed by atoms with Crippen molar-refractivity contribution >= 4 is 13.6 Å². The van der Waals surface area contributed by atoms with Gasteiger partial charge in [0.15, 0.2) is 5.78 Å². The van der Waals surface area contributed by atoms with Gasteiger partial charge < -0.3 is 9.79 Å². The van der Waals surface area contributed by atoms with E-state index in [0.29, 0.717) is 12.8 Å². The lowest BCUT2D eigenvalue weighted by Gasteiger charge is -2.16. The Kier molecular flexibility index (Phi) is 6.25. The number of phosphoric acid groups is 1. The number of Topliss-reactive ketones (excluding diaryl/α,β-unsaturated/α-hetero) is 1. The fourth-order valence-corrected chi connectivity index (χ4v) is 2.66. The average Bonchev–Trinajstić information content (AvgIpc) is 2.53. The maximum Gasteiger partial charge on any atom is 0.470 e. The maximum atomic E-state index is 12.3. The van der Waals surface area contributed by atoms with Gasteiger partial charge in [0.05, 0.1) is 0 Å². The Balaban J connectivity index is 2.10. The lowest BCUT2D eigenvalue weighted by atomic mass is 9.89. The molecule has 0 fully saturated rings. The molecule has 2 aromatic rings. The molecule has 0 amide bonds. The van der Waals surface area contributed by atoms with Crippen LogP contribution in [0.25, 0.3) is 0 Å². The fraction of sp³-hybridized carbons (Fsp3) is 0.235. The molecule has 5 nitrogen and oxygen atoms in total. The molecule has 2 rings (SSSR count). The van der Waals surface area contributed by atoms with Crippen molar-refractivity contribution in [2.75, 3.05) is 6.61 Å². The Hall–Kier alpha value is -1.78. The van der Waals surface area contributed by atoms with Crippen LogP contribution in [0.3, 0.4) is 0 Å². The van der Waals surface area contributed by atoms with Crippen LogP contribution in [-0.4, -0.2) is 22.2 Å². The first-order chi connectivity index (χ1) is 10.9. The number of phosphoric ester groups is 1. The predicted octanol–water partition coefficient (Wildman–Crippen LogP) is 2.77. The molecule has 0 bridgehead atoms. The van der Waals surface area contributed by atoms with E-state index < -0.39 is 20.3 Å². The number of ketones is 1. The molecule has 23 heavy (non-hydrogen) atoms. The molecule has 0 aliphatic carbocycles. The highest BCUT2D eigenvalue weighted by Crippen LogP contribution is 2.35. The summed E-state index contributed by atoms with van der Waals surface area (Å²) in [6, 6.07) is 19.1. The summed E-state index contributed by atoms with van der Waals surface area (Å²) in [4.78, 5) is 29.9. The zero-order valence-corrected chi connectivity index (χ0v) is 13.4. The van der Waals surface area contributed by atoms with Gasteiger partial charge in [-0.05, 0) is 24.0 Å². The Morgan fingerprint density at radius 2 is 1.35 bits per heavy atom. The van der Waals surface area contributed by atoms with Gasteiger partial charge >= 0.3 is 7.82 Å². The monoisotopic (exact) mass is 334 g/mol. The third-order valence-electron chi connectivity index (χ3n) is 3.48. The highest BCUT2D eigenvalue weighted by atomic mass is 31.2. The number of hydrogen-bond acceptors (Lipinski definition) is 3. The van der Waals surface area contributed by atoms with Crippen molar-refractivity contribution in [3.8, 4) is 0 Å². The number of carbonyl (C=O) groups is 1. The van der Waals surface area contributed by atoms with E-state index >= 15 is 0 Å². The first-order valence-corrected chi connectivity index (χ1v) is 8.78. The average molecular weight is 334 g/mol. The van der Waals surface area contributed by atoms with Gasteiger partial charge in [0.1, 0.15) is 6.61 Å². The van der Waals surface area contributed by atoms with Crippen molar-refractivity contribution in [3.63, 3.8) is 0 Å². The number of benzene rings is 2. The Morgan fingerprint density at radius 1 is 0.913 bits per heavy atom. The lowest BCUT2D eigenvalue weighted by molar-refractivity contribution is -0.125. The van der Waals surface area contributed by atoms with E-state index in [-0.39, 0.29) is 5.78 Å². The van der Waals surface area contributed by atoms with Crippen molar-refractivity contribution in [2.45, 2.75) is 12.8 Å². The van der Waals surface area contributed by atoms with Crippen LogP contribution < -0.4 is 0 Å². The summed E-state index contributed by atoms with van der Waals surface area (Å²) in [5.41, 5.74) is 2.00. The molecule has 122 valence electrons. The van der Waals surface area contributed by atoms with Crippen LogP contribution in [-0.2, 0) is 26.7 Å². The highest BCUT2D eigenvalue weighted by Gasteiger charge is 2.23. The van der Waals surface area contributed by atoms with Gasteiger partial charge in [-0.25, -0.2) is 4.57 Å². The second kappa shape index (κ2) is 8.18. The van der Waals surface area contributed by atoms with Crippen molar-refractivity contribution in [1.29, 1.82) is 0 Å². The normalized spacial score (nSPS) is 11.6. The van der Waals surface area contributed by atoms with Gasteiger partial charge in [-0.2, -0.15) is 0 Å². The zero-order valence-electron chi connectivity index (χ0n) is 12.5. The minimum Gasteiger partial charge on any atom is -0.303 e. The van der Waals surface area contributed by atoms with Crippen LogP contribution in [0, 0.1) is 5.92 Å². The molecule has 2 aromatic carbocycles. The van der Waals surface area contributed by atoms with E-state index in [1.807, 2.05) is 60.7 Å². The molecule has 0 heterocycles. The predicted molar refractivity (Wildman–Crippen MR) is 86.8 cm³/mol. The van der Waals surface area contributed by atoms with E-state index in [4.69, 9.17) is 9.79 Å². The van der Waals surface area contributed by atoms with Gasteiger partial charge in [-0.3, -0.25) is 9.32 Å². The number of rotatable bonds is 8. The maximum absolute atomic E-state index is 12.3. The van der Waals surface area contributed by atoms with Crippen LogP contribution in [0.2, 0.25) is 0 Å². The number of carbonyl (C=O) groups excluding carboxylic acids is 1. The molecule has 0 aromatic heterocycles. The minimum atomic E-state index is -4.65. The Labute approximate surface area is 135 Å². The zero-order chi connectivity index (χ0) is 16.7. The van der Waals surface area contributed by atoms with Gasteiger partial charge in [0.2, 0.25) is 0 Å². The molecule has 0 saturated carbocycles. The topological polar surface area (TPSA) is 83.8 Å². The molecule has 0 saturated heterocycles. The van der Waals surface area contributed by atoms with Gasteiger partial charge in [-0.15, -0.1) is 0 Å². The fourth-order valence-electron chi connectivity index (χ4n) is 2.36. The van der Waals surface area contributed by atoms with E-state index in [2.05, 4.69) is 4.52 Å². The summed E-state index contributed by atoms with van der Waals surface area (Å²) in [6.45, 7) is -0.589. The quantitative estimate of drug-likeness (QED) is 0.725. The summed E-state index contributed by atoms with van der Waals surface area (Å²) in [5.74, 6) is -0.715. The first-order valence-electron chi connectivity index (χ1n) is 7.25. The molecule has 6 heteroatoms. The number of hydrogen-bond donors (Lipinski definition) is 2. The van der Waals surface area contributed by atoms with Gasteiger partial charge in [-0.1, -0.05) is 60.7 Å². The summed E-state index contributed by atoms with van der Waals surface area (Å²) in [6.07, 6.45) is 0.998. The smallest absolute Gasteiger partial charge is 0.303 e. The van der Waals surface area contributed by atoms with Crippen LogP contribution in [0.15, 0.2) is 60.7 Å². The molecule has 0 radical (unpaired) electrons. The molecule has 0 aliphatic heterocycles.